The van der Waals surface area contributed by atoms with Crippen molar-refractivity contribution in [1.29, 1.82) is 0 Å². The van der Waals surface area contributed by atoms with E-state index in [1.807, 2.05) is 0 Å². The van der Waals surface area contributed by atoms with Gasteiger partial charge < -0.3 is 24.4 Å². The highest BCUT2D eigenvalue weighted by Gasteiger charge is 2.43. The van der Waals surface area contributed by atoms with E-state index >= 15 is 0 Å². The van der Waals surface area contributed by atoms with Crippen LogP contribution in [-0.2, 0) is 18.4 Å². The SMILES string of the molecule is CNC(=O)[C@H](Nc1ccc(OC)cc1)P(=O)(OC(C)C)OC(C)C. The molecular weight excluding hydrogens is 331 g/mol. The molecule has 7 nitrogen and oxygen atoms in total. The Bertz CT molecular complexity index is 560. The average Bonchev–Trinajstić information content (AvgIpc) is 2.50. The van der Waals surface area contributed by atoms with Gasteiger partial charge in [0, 0.05) is 12.7 Å². The van der Waals surface area contributed by atoms with Gasteiger partial charge in [0.1, 0.15) is 5.75 Å². The number of hydrogen-bond acceptors (Lipinski definition) is 6. The smallest absolute Gasteiger partial charge is 0.362 e. The molecule has 0 aliphatic rings. The monoisotopic (exact) mass is 358 g/mol. The van der Waals surface area contributed by atoms with Gasteiger partial charge in [0.2, 0.25) is 5.78 Å². The molecule has 0 aliphatic heterocycles. The summed E-state index contributed by atoms with van der Waals surface area (Å²) < 4.78 is 29.4. The fourth-order valence-electron chi connectivity index (χ4n) is 2.00. The van der Waals surface area contributed by atoms with Crippen molar-refractivity contribution in [1.82, 2.24) is 5.32 Å². The van der Waals surface area contributed by atoms with Crippen LogP contribution in [0.15, 0.2) is 24.3 Å². The lowest BCUT2D eigenvalue weighted by molar-refractivity contribution is -0.120. The van der Waals surface area contributed by atoms with Crippen LogP contribution >= 0.6 is 7.60 Å². The minimum Gasteiger partial charge on any atom is -0.497 e. The van der Waals surface area contributed by atoms with E-state index in [1.54, 1.807) is 59.1 Å². The van der Waals surface area contributed by atoms with Crippen molar-refractivity contribution >= 4 is 19.2 Å². The van der Waals surface area contributed by atoms with E-state index in [4.69, 9.17) is 13.8 Å². The summed E-state index contributed by atoms with van der Waals surface area (Å²) in [5, 5.41) is 5.45. The summed E-state index contributed by atoms with van der Waals surface area (Å²) in [6, 6.07) is 6.93. The average molecular weight is 358 g/mol. The Morgan fingerprint density at radius 2 is 1.54 bits per heavy atom. The number of methoxy groups -OCH3 is 1. The van der Waals surface area contributed by atoms with Gasteiger partial charge in [0.15, 0.2) is 0 Å². The number of hydrogen-bond donors (Lipinski definition) is 2. The van der Waals surface area contributed by atoms with Crippen molar-refractivity contribution in [3.63, 3.8) is 0 Å². The zero-order chi connectivity index (χ0) is 18.3. The molecule has 0 bridgehead atoms. The van der Waals surface area contributed by atoms with Crippen LogP contribution in [0.4, 0.5) is 5.69 Å². The maximum Gasteiger partial charge on any atom is 0.362 e. The second kappa shape index (κ2) is 9.06. The van der Waals surface area contributed by atoms with Crippen LogP contribution in [0.25, 0.3) is 0 Å². The molecule has 0 aromatic heterocycles. The molecule has 1 amide bonds. The molecule has 0 aliphatic carbocycles. The first-order chi connectivity index (χ1) is 11.2. The first-order valence-corrected chi connectivity index (χ1v) is 9.41. The molecule has 0 fully saturated rings. The van der Waals surface area contributed by atoms with Crippen LogP contribution in [0.5, 0.6) is 5.75 Å². The van der Waals surface area contributed by atoms with Crippen molar-refractivity contribution in [2.24, 2.45) is 0 Å². The second-order valence-corrected chi connectivity index (χ2v) is 7.76. The van der Waals surface area contributed by atoms with Gasteiger partial charge in [-0.25, -0.2) is 0 Å². The minimum absolute atomic E-state index is 0.362. The van der Waals surface area contributed by atoms with E-state index in [0.29, 0.717) is 11.4 Å². The molecule has 0 radical (unpaired) electrons. The van der Waals surface area contributed by atoms with Gasteiger partial charge in [0.05, 0.1) is 19.3 Å². The van der Waals surface area contributed by atoms with Crippen LogP contribution in [-0.4, -0.2) is 38.1 Å². The Labute approximate surface area is 143 Å². The summed E-state index contributed by atoms with van der Waals surface area (Å²) in [6.07, 6.45) is -0.723. The molecule has 8 heteroatoms. The number of amides is 1. The summed E-state index contributed by atoms with van der Waals surface area (Å²) in [4.78, 5) is 12.3. The summed E-state index contributed by atoms with van der Waals surface area (Å²) in [5.74, 6) is -0.965. The molecule has 0 spiro atoms. The third-order valence-corrected chi connectivity index (χ3v) is 5.35. The van der Waals surface area contributed by atoms with Crippen molar-refractivity contribution in [3.8, 4) is 5.75 Å². The first-order valence-electron chi connectivity index (χ1n) is 7.80. The molecule has 0 saturated heterocycles. The maximum absolute atomic E-state index is 13.3. The fourth-order valence-corrected chi connectivity index (χ4v) is 4.20. The zero-order valence-corrected chi connectivity index (χ0v) is 15.9. The Morgan fingerprint density at radius 3 is 1.92 bits per heavy atom. The van der Waals surface area contributed by atoms with E-state index in [9.17, 15) is 9.36 Å². The molecule has 24 heavy (non-hydrogen) atoms. The van der Waals surface area contributed by atoms with Crippen molar-refractivity contribution in [2.75, 3.05) is 19.5 Å². The normalized spacial score (nSPS) is 13.0. The highest BCUT2D eigenvalue weighted by molar-refractivity contribution is 7.56. The van der Waals surface area contributed by atoms with Crippen molar-refractivity contribution in [2.45, 2.75) is 45.7 Å². The van der Waals surface area contributed by atoms with Crippen LogP contribution < -0.4 is 15.4 Å². The fraction of sp³-hybridized carbons (Fsp3) is 0.562. The number of ether oxygens (including phenoxy) is 1. The van der Waals surface area contributed by atoms with Crippen molar-refractivity contribution < 1.29 is 23.1 Å². The third kappa shape index (κ3) is 5.82. The molecule has 0 unspecified atom stereocenters. The third-order valence-electron chi connectivity index (χ3n) is 2.92. The summed E-state index contributed by atoms with van der Waals surface area (Å²) >= 11 is 0. The molecule has 1 rings (SSSR count). The van der Waals surface area contributed by atoms with E-state index in [2.05, 4.69) is 10.6 Å². The lowest BCUT2D eigenvalue weighted by Gasteiger charge is -2.29. The predicted octanol–water partition coefficient (Wildman–Crippen LogP) is 3.22. The molecule has 1 aromatic rings. The lowest BCUT2D eigenvalue weighted by atomic mass is 10.3. The topological polar surface area (TPSA) is 85.9 Å². The number of anilines is 1. The van der Waals surface area contributed by atoms with Gasteiger partial charge in [-0.05, 0) is 52.0 Å². The Kier molecular flexibility index (Phi) is 7.73. The van der Waals surface area contributed by atoms with Gasteiger partial charge in [0.25, 0.3) is 5.91 Å². The number of rotatable bonds is 9. The second-order valence-electron chi connectivity index (χ2n) is 5.74. The van der Waals surface area contributed by atoms with E-state index < -0.39 is 19.3 Å². The highest BCUT2D eigenvalue weighted by Crippen LogP contribution is 2.55. The molecular formula is C16H27N2O5P. The van der Waals surface area contributed by atoms with Crippen LogP contribution in [0.1, 0.15) is 27.7 Å². The van der Waals surface area contributed by atoms with E-state index in [-0.39, 0.29) is 12.2 Å². The number of benzene rings is 1. The molecule has 0 heterocycles. The van der Waals surface area contributed by atoms with Gasteiger partial charge in [-0.1, -0.05) is 0 Å². The minimum atomic E-state index is -3.75. The van der Waals surface area contributed by atoms with E-state index in [1.165, 1.54) is 7.05 Å². The molecule has 1 atom stereocenters. The quantitative estimate of drug-likeness (QED) is 0.659. The number of carbonyl (C=O) groups excluding carboxylic acids is 1. The molecule has 0 saturated carbocycles. The zero-order valence-electron chi connectivity index (χ0n) is 15.0. The molecule has 2 N–H and O–H groups in total. The summed E-state index contributed by atoms with van der Waals surface area (Å²) in [5.41, 5.74) is 0.601. The highest BCUT2D eigenvalue weighted by atomic mass is 31.2. The Balaban J connectivity index is 3.15. The van der Waals surface area contributed by atoms with Gasteiger partial charge in [-0.3, -0.25) is 9.36 Å². The molecule has 1 aromatic carbocycles. The number of carbonyl (C=O) groups is 1. The standard InChI is InChI=1S/C16H27N2O5P/c1-11(2)22-24(20,23-12(3)4)16(15(19)17-5)18-13-7-9-14(21-6)10-8-13/h7-12,16,18H,1-6H3,(H,17,19)/t16-/m1/s1. The molecule has 136 valence electrons. The summed E-state index contributed by atoms with van der Waals surface area (Å²) in [6.45, 7) is 6.96. The van der Waals surface area contributed by atoms with E-state index in [0.717, 1.165) is 0 Å². The maximum atomic E-state index is 13.3. The Hall–Kier alpha value is -1.56. The Morgan fingerprint density at radius 1 is 1.04 bits per heavy atom. The van der Waals surface area contributed by atoms with Crippen molar-refractivity contribution in [3.05, 3.63) is 24.3 Å². The largest absolute Gasteiger partial charge is 0.497 e. The van der Waals surface area contributed by atoms with Gasteiger partial charge >= 0.3 is 7.60 Å². The lowest BCUT2D eigenvalue weighted by Crippen LogP contribution is -2.39. The predicted molar refractivity (Wildman–Crippen MR) is 94.5 cm³/mol. The van der Waals surface area contributed by atoms with Crippen LogP contribution in [0.2, 0.25) is 0 Å². The summed E-state index contributed by atoms with van der Waals surface area (Å²) in [7, 11) is -0.714. The van der Waals surface area contributed by atoms with Gasteiger partial charge in [-0.2, -0.15) is 0 Å². The van der Waals surface area contributed by atoms with Crippen LogP contribution in [0, 0.1) is 0 Å². The number of nitrogens with one attached hydrogen (secondary N) is 2. The van der Waals surface area contributed by atoms with Gasteiger partial charge in [-0.15, -0.1) is 0 Å². The van der Waals surface area contributed by atoms with Crippen LogP contribution in [0.3, 0.4) is 0 Å². The number of likely N-dealkylation sites (N-methyl/N-ethyl adjacent to an activating group) is 1. The first kappa shape index (κ1) is 20.5.